The van der Waals surface area contributed by atoms with E-state index >= 15 is 0 Å². The number of ketones is 1. The zero-order chi connectivity index (χ0) is 12.7. The van der Waals surface area contributed by atoms with Crippen molar-refractivity contribution in [2.24, 2.45) is 5.84 Å². The lowest BCUT2D eigenvalue weighted by atomic mass is 10.2. The number of fused-ring (bicyclic) bond motifs is 1. The number of nitrogens with zero attached hydrogens (tertiary/aromatic N) is 4. The number of carbonyl (C=O) groups is 1. The fourth-order valence-corrected chi connectivity index (χ4v) is 1.78. The molecule has 90 valence electrons. The molecule has 0 radical (unpaired) electrons. The lowest BCUT2D eigenvalue weighted by Crippen LogP contribution is -2.33. The maximum absolute atomic E-state index is 11.9. The van der Waals surface area contributed by atoms with E-state index in [4.69, 9.17) is 5.84 Å². The predicted octanol–water partition coefficient (Wildman–Crippen LogP) is -0.872. The van der Waals surface area contributed by atoms with E-state index in [1.165, 1.54) is 16.2 Å². The molecule has 0 aliphatic heterocycles. The van der Waals surface area contributed by atoms with Crippen LogP contribution >= 0.6 is 0 Å². The summed E-state index contributed by atoms with van der Waals surface area (Å²) < 4.78 is 1.19. The van der Waals surface area contributed by atoms with Gasteiger partial charge in [-0.05, 0) is 20.8 Å². The van der Waals surface area contributed by atoms with Gasteiger partial charge in [-0.2, -0.15) is 9.31 Å². The van der Waals surface area contributed by atoms with Crippen molar-refractivity contribution >= 4 is 11.4 Å². The first-order valence-electron chi connectivity index (χ1n) is 4.94. The van der Waals surface area contributed by atoms with Gasteiger partial charge < -0.3 is 0 Å². The van der Waals surface area contributed by atoms with Crippen molar-refractivity contribution in [3.63, 3.8) is 0 Å². The summed E-state index contributed by atoms with van der Waals surface area (Å²) in [5.41, 5.74) is 3.23. The van der Waals surface area contributed by atoms with E-state index in [-0.39, 0.29) is 22.7 Å². The van der Waals surface area contributed by atoms with Crippen LogP contribution < -0.4 is 16.9 Å². The fourth-order valence-electron chi connectivity index (χ4n) is 1.78. The van der Waals surface area contributed by atoms with Crippen LogP contribution in [0.2, 0.25) is 0 Å². The molecule has 0 aromatic carbocycles. The molecule has 17 heavy (non-hydrogen) atoms. The van der Waals surface area contributed by atoms with E-state index < -0.39 is 0 Å². The molecule has 8 heteroatoms. The van der Waals surface area contributed by atoms with Gasteiger partial charge in [0.15, 0.2) is 11.4 Å². The van der Waals surface area contributed by atoms with Crippen LogP contribution in [-0.2, 0) is 0 Å². The molecule has 0 unspecified atom stereocenters. The zero-order valence-corrected chi connectivity index (χ0v) is 9.68. The molecule has 0 spiro atoms. The van der Waals surface area contributed by atoms with E-state index in [2.05, 4.69) is 15.7 Å². The lowest BCUT2D eigenvalue weighted by molar-refractivity contribution is 0.101. The maximum atomic E-state index is 11.9. The van der Waals surface area contributed by atoms with Crippen molar-refractivity contribution in [2.75, 3.05) is 5.53 Å². The summed E-state index contributed by atoms with van der Waals surface area (Å²) in [5.74, 6) is 5.14. The number of rotatable bonds is 2. The smallest absolute Gasteiger partial charge is 0.294 e. The molecule has 2 heterocycles. The number of hydrogen-bond donors (Lipinski definition) is 2. The molecule has 2 aromatic rings. The summed E-state index contributed by atoms with van der Waals surface area (Å²) in [6.07, 6.45) is 0. The van der Waals surface area contributed by atoms with Crippen LogP contribution in [0.15, 0.2) is 4.79 Å². The molecule has 8 nitrogen and oxygen atoms in total. The first-order chi connectivity index (χ1) is 7.99. The van der Waals surface area contributed by atoms with Crippen LogP contribution in [-0.4, -0.2) is 25.3 Å². The molecular weight excluding hydrogens is 224 g/mol. The minimum absolute atomic E-state index is 0.198. The third-order valence-corrected chi connectivity index (χ3v) is 2.57. The van der Waals surface area contributed by atoms with Crippen molar-refractivity contribution in [3.05, 3.63) is 27.3 Å². The number of hydrazine groups is 1. The molecule has 0 saturated heterocycles. The number of aromatic nitrogens is 4. The van der Waals surface area contributed by atoms with Crippen molar-refractivity contribution in [1.29, 1.82) is 0 Å². The molecule has 0 atom stereocenters. The quantitative estimate of drug-likeness (QED) is 0.398. The SMILES string of the molecule is CC(=O)c1c(C)n(NN)n2c(=O)c(C)nnc12. The van der Waals surface area contributed by atoms with Crippen LogP contribution in [0.5, 0.6) is 0 Å². The van der Waals surface area contributed by atoms with Gasteiger partial charge in [-0.25, -0.2) is 11.4 Å². The monoisotopic (exact) mass is 236 g/mol. The second kappa shape index (κ2) is 3.67. The van der Waals surface area contributed by atoms with Gasteiger partial charge in [0.25, 0.3) is 5.56 Å². The predicted molar refractivity (Wildman–Crippen MR) is 60.3 cm³/mol. The molecule has 0 aliphatic carbocycles. The molecule has 0 fully saturated rings. The molecular formula is C9H12N6O2. The van der Waals surface area contributed by atoms with Crippen LogP contribution in [0, 0.1) is 13.8 Å². The second-order valence-corrected chi connectivity index (χ2v) is 3.68. The zero-order valence-electron chi connectivity index (χ0n) is 9.68. The van der Waals surface area contributed by atoms with Crippen molar-refractivity contribution in [2.45, 2.75) is 20.8 Å². The van der Waals surface area contributed by atoms with E-state index in [0.717, 1.165) is 0 Å². The van der Waals surface area contributed by atoms with E-state index in [9.17, 15) is 9.59 Å². The molecule has 0 bridgehead atoms. The Morgan fingerprint density at radius 3 is 2.53 bits per heavy atom. The standard InChI is InChI=1S/C9H12N6O2/c1-4-9(17)14-8(12-11-4)7(6(3)16)5(2)15(14)13-10/h13H,10H2,1-3H3. The number of nitrogens with two attached hydrogens (primary N) is 1. The van der Waals surface area contributed by atoms with Gasteiger partial charge in [-0.3, -0.25) is 9.59 Å². The van der Waals surface area contributed by atoms with E-state index in [0.29, 0.717) is 11.3 Å². The van der Waals surface area contributed by atoms with Gasteiger partial charge in [0.2, 0.25) is 0 Å². The Morgan fingerprint density at radius 2 is 2.00 bits per heavy atom. The lowest BCUT2D eigenvalue weighted by Gasteiger charge is -2.05. The van der Waals surface area contributed by atoms with Gasteiger partial charge in [0.1, 0.15) is 5.69 Å². The maximum Gasteiger partial charge on any atom is 0.296 e. The van der Waals surface area contributed by atoms with Gasteiger partial charge in [0, 0.05) is 0 Å². The van der Waals surface area contributed by atoms with Crippen molar-refractivity contribution in [1.82, 2.24) is 19.5 Å². The molecule has 0 aliphatic rings. The fraction of sp³-hybridized carbons (Fsp3) is 0.333. The number of carbonyl (C=O) groups excluding carboxylic acids is 1. The first kappa shape index (κ1) is 11.3. The largest absolute Gasteiger partial charge is 0.296 e. The summed E-state index contributed by atoms with van der Waals surface area (Å²) in [6, 6.07) is 0. The van der Waals surface area contributed by atoms with Gasteiger partial charge in [0.05, 0.1) is 11.3 Å². The van der Waals surface area contributed by atoms with Gasteiger partial charge >= 0.3 is 0 Å². The highest BCUT2D eigenvalue weighted by Crippen LogP contribution is 2.13. The average Bonchev–Trinajstić information content (AvgIpc) is 2.56. The summed E-state index contributed by atoms with van der Waals surface area (Å²) in [4.78, 5) is 24.7. The summed E-state index contributed by atoms with van der Waals surface area (Å²) >= 11 is 0. The van der Waals surface area contributed by atoms with E-state index in [1.807, 2.05) is 0 Å². The van der Waals surface area contributed by atoms with Crippen LogP contribution in [0.1, 0.15) is 28.7 Å². The third-order valence-electron chi connectivity index (χ3n) is 2.57. The highest BCUT2D eigenvalue weighted by molar-refractivity contribution is 6.00. The number of nitrogens with one attached hydrogen (secondary N) is 1. The number of Topliss-reactive ketones (excluding diaryl/α,β-unsaturated/α-hetero) is 1. The summed E-state index contributed by atoms with van der Waals surface area (Å²) in [5, 5.41) is 7.59. The number of nitrogen functional groups attached to an aromatic ring is 1. The first-order valence-corrected chi connectivity index (χ1v) is 4.94. The van der Waals surface area contributed by atoms with Crippen LogP contribution in [0.3, 0.4) is 0 Å². The topological polar surface area (TPSA) is 107 Å². The third kappa shape index (κ3) is 1.41. The molecule has 0 saturated carbocycles. The van der Waals surface area contributed by atoms with Crippen molar-refractivity contribution < 1.29 is 4.79 Å². The normalized spacial score (nSPS) is 10.8. The van der Waals surface area contributed by atoms with Crippen molar-refractivity contribution in [3.8, 4) is 0 Å². The average molecular weight is 236 g/mol. The molecule has 3 N–H and O–H groups in total. The molecule has 2 rings (SSSR count). The number of hydrogen-bond acceptors (Lipinski definition) is 6. The Bertz CT molecular complexity index is 668. The van der Waals surface area contributed by atoms with Gasteiger partial charge in [-0.1, -0.05) is 0 Å². The number of aryl methyl sites for hydroxylation is 1. The Balaban J connectivity index is 3.06. The highest BCUT2D eigenvalue weighted by Gasteiger charge is 2.20. The Labute approximate surface area is 96.0 Å². The van der Waals surface area contributed by atoms with Crippen LogP contribution in [0.4, 0.5) is 0 Å². The minimum atomic E-state index is -0.372. The second-order valence-electron chi connectivity index (χ2n) is 3.68. The van der Waals surface area contributed by atoms with Gasteiger partial charge in [-0.15, -0.1) is 10.2 Å². The summed E-state index contributed by atoms with van der Waals surface area (Å²) in [7, 11) is 0. The Hall–Kier alpha value is -2.22. The Morgan fingerprint density at radius 1 is 1.35 bits per heavy atom. The Kier molecular flexibility index (Phi) is 2.43. The molecule has 0 amide bonds. The minimum Gasteiger partial charge on any atom is -0.294 e. The van der Waals surface area contributed by atoms with E-state index in [1.54, 1.807) is 13.8 Å². The summed E-state index contributed by atoms with van der Waals surface area (Å²) in [6.45, 7) is 4.60. The molecule has 2 aromatic heterocycles. The van der Waals surface area contributed by atoms with Crippen LogP contribution in [0.25, 0.3) is 5.65 Å². The highest BCUT2D eigenvalue weighted by atomic mass is 16.1.